The molecule has 0 N–H and O–H groups in total. The Morgan fingerprint density at radius 1 is 1.15 bits per heavy atom. The smallest absolute Gasteiger partial charge is 0.00594 e. The number of hydrogen-bond acceptors (Lipinski definition) is 0. The predicted octanol–water partition coefficient (Wildman–Crippen LogP) is 3.90. The summed E-state index contributed by atoms with van der Waals surface area (Å²) in [4.78, 5) is 0. The molecule has 1 aromatic carbocycles. The maximum Gasteiger partial charge on any atom is 0.00594 e. The van der Waals surface area contributed by atoms with Crippen molar-refractivity contribution in [2.24, 2.45) is 5.41 Å². The lowest BCUT2D eigenvalue weighted by Crippen LogP contribution is -2.07. The molecular formula is C13H16. The van der Waals surface area contributed by atoms with Crippen LogP contribution in [0.15, 0.2) is 42.6 Å². The zero-order chi connectivity index (χ0) is 9.90. The number of benzene rings is 1. The van der Waals surface area contributed by atoms with Crippen LogP contribution >= 0.6 is 0 Å². The molecule has 13 heavy (non-hydrogen) atoms. The van der Waals surface area contributed by atoms with Gasteiger partial charge in [0.1, 0.15) is 0 Å². The van der Waals surface area contributed by atoms with Gasteiger partial charge in [-0.3, -0.25) is 0 Å². The summed E-state index contributed by atoms with van der Waals surface area (Å²) in [7, 11) is 0. The molecule has 0 aromatic heterocycles. The summed E-state index contributed by atoms with van der Waals surface area (Å²) in [5.74, 6) is 0. The molecule has 68 valence electrons. The maximum absolute atomic E-state index is 3.74. The largest absolute Gasteiger partial charge is 0.124 e. The first-order valence-electron chi connectivity index (χ1n) is 4.51. The highest BCUT2D eigenvalue weighted by molar-refractivity contribution is 5.68. The second kappa shape index (κ2) is 3.64. The van der Waals surface area contributed by atoms with E-state index in [-0.39, 0.29) is 5.41 Å². The van der Waals surface area contributed by atoms with Gasteiger partial charge in [0, 0.05) is 5.57 Å². The van der Waals surface area contributed by atoms with Gasteiger partial charge in [-0.15, -0.1) is 5.73 Å². The molecule has 0 aliphatic rings. The first kappa shape index (κ1) is 9.83. The van der Waals surface area contributed by atoms with Crippen LogP contribution < -0.4 is 0 Å². The standard InChI is InChI=1S/C13H16/c1-5-12(13(2,3)4)11-9-7-6-8-10-11/h6-10H,1H2,2-4H3. The molecule has 0 spiro atoms. The summed E-state index contributed by atoms with van der Waals surface area (Å²) in [6.45, 7) is 10.3. The van der Waals surface area contributed by atoms with E-state index in [2.05, 4.69) is 45.2 Å². The van der Waals surface area contributed by atoms with Crippen molar-refractivity contribution in [2.75, 3.05) is 0 Å². The third kappa shape index (κ3) is 2.34. The molecule has 0 amide bonds. The van der Waals surface area contributed by atoms with Gasteiger partial charge in [0.15, 0.2) is 0 Å². The lowest BCUT2D eigenvalue weighted by Gasteiger charge is -2.21. The van der Waals surface area contributed by atoms with Crippen molar-refractivity contribution in [1.29, 1.82) is 0 Å². The van der Waals surface area contributed by atoms with E-state index in [9.17, 15) is 0 Å². The van der Waals surface area contributed by atoms with Crippen molar-refractivity contribution in [3.8, 4) is 0 Å². The van der Waals surface area contributed by atoms with Gasteiger partial charge in [-0.05, 0) is 11.0 Å². The number of allylic oxidation sites excluding steroid dienone is 1. The molecule has 0 fully saturated rings. The minimum atomic E-state index is 0.114. The molecule has 0 saturated carbocycles. The van der Waals surface area contributed by atoms with Gasteiger partial charge < -0.3 is 0 Å². The Labute approximate surface area is 80.6 Å². The average molecular weight is 172 g/mol. The van der Waals surface area contributed by atoms with E-state index in [0.29, 0.717) is 0 Å². The van der Waals surface area contributed by atoms with Crippen molar-refractivity contribution in [1.82, 2.24) is 0 Å². The third-order valence-corrected chi connectivity index (χ3v) is 1.99. The summed E-state index contributed by atoms with van der Waals surface area (Å²) in [5.41, 5.74) is 5.53. The highest BCUT2D eigenvalue weighted by Crippen LogP contribution is 2.32. The van der Waals surface area contributed by atoms with Crippen LogP contribution in [-0.4, -0.2) is 0 Å². The molecule has 0 atom stereocenters. The minimum Gasteiger partial charge on any atom is -0.124 e. The molecule has 0 unspecified atom stereocenters. The van der Waals surface area contributed by atoms with E-state index in [0.717, 1.165) is 0 Å². The van der Waals surface area contributed by atoms with Gasteiger partial charge in [0.2, 0.25) is 0 Å². The van der Waals surface area contributed by atoms with Crippen molar-refractivity contribution in [2.45, 2.75) is 20.8 Å². The number of rotatable bonds is 1. The molecule has 0 heterocycles. The van der Waals surface area contributed by atoms with Crippen molar-refractivity contribution in [3.63, 3.8) is 0 Å². The Hall–Kier alpha value is -1.26. The Kier molecular flexibility index (Phi) is 2.75. The van der Waals surface area contributed by atoms with Crippen molar-refractivity contribution in [3.05, 3.63) is 48.2 Å². The normalized spacial score (nSPS) is 10.7. The van der Waals surface area contributed by atoms with Crippen LogP contribution in [0.4, 0.5) is 0 Å². The monoisotopic (exact) mass is 172 g/mol. The van der Waals surface area contributed by atoms with Crippen LogP contribution in [0.5, 0.6) is 0 Å². The maximum atomic E-state index is 3.74. The van der Waals surface area contributed by atoms with Crippen LogP contribution in [0.1, 0.15) is 26.3 Å². The van der Waals surface area contributed by atoms with Gasteiger partial charge in [-0.25, -0.2) is 0 Å². The Bertz CT molecular complexity index is 319. The molecule has 0 aliphatic carbocycles. The molecular weight excluding hydrogens is 156 g/mol. The van der Waals surface area contributed by atoms with E-state index in [1.807, 2.05) is 18.2 Å². The first-order valence-corrected chi connectivity index (χ1v) is 4.51. The number of hydrogen-bond donors (Lipinski definition) is 0. The van der Waals surface area contributed by atoms with Crippen LogP contribution in [-0.2, 0) is 0 Å². The van der Waals surface area contributed by atoms with Crippen LogP contribution in [0.25, 0.3) is 5.57 Å². The lowest BCUT2D eigenvalue weighted by atomic mass is 9.83. The fraction of sp³-hybridized carbons (Fsp3) is 0.308. The fourth-order valence-corrected chi connectivity index (χ4v) is 1.41. The van der Waals surface area contributed by atoms with Gasteiger partial charge >= 0.3 is 0 Å². The fourth-order valence-electron chi connectivity index (χ4n) is 1.41. The molecule has 0 bridgehead atoms. The summed E-state index contributed by atoms with van der Waals surface area (Å²) >= 11 is 0. The predicted molar refractivity (Wildman–Crippen MR) is 58.4 cm³/mol. The Morgan fingerprint density at radius 3 is 2.08 bits per heavy atom. The Balaban J connectivity index is 3.15. The van der Waals surface area contributed by atoms with E-state index in [1.54, 1.807) is 0 Å². The van der Waals surface area contributed by atoms with E-state index < -0.39 is 0 Å². The van der Waals surface area contributed by atoms with Gasteiger partial charge in [0.25, 0.3) is 0 Å². The molecule has 0 radical (unpaired) electrons. The Morgan fingerprint density at radius 2 is 1.69 bits per heavy atom. The van der Waals surface area contributed by atoms with E-state index in [4.69, 9.17) is 0 Å². The highest BCUT2D eigenvalue weighted by Gasteiger charge is 2.17. The summed E-state index contributed by atoms with van der Waals surface area (Å²) in [6, 6.07) is 10.3. The zero-order valence-electron chi connectivity index (χ0n) is 8.59. The highest BCUT2D eigenvalue weighted by atomic mass is 14.2. The zero-order valence-corrected chi connectivity index (χ0v) is 8.59. The molecule has 1 rings (SSSR count). The van der Waals surface area contributed by atoms with Crippen molar-refractivity contribution >= 4 is 5.57 Å². The third-order valence-electron chi connectivity index (χ3n) is 1.99. The molecule has 0 saturated heterocycles. The quantitative estimate of drug-likeness (QED) is 0.563. The van der Waals surface area contributed by atoms with Crippen LogP contribution in [0, 0.1) is 5.41 Å². The molecule has 0 aliphatic heterocycles. The average Bonchev–Trinajstić information content (AvgIpc) is 2.05. The molecule has 0 heteroatoms. The van der Waals surface area contributed by atoms with Crippen LogP contribution in [0.3, 0.4) is 0 Å². The summed E-state index contributed by atoms with van der Waals surface area (Å²) in [6.07, 6.45) is 0. The van der Waals surface area contributed by atoms with Gasteiger partial charge in [0.05, 0.1) is 0 Å². The van der Waals surface area contributed by atoms with Gasteiger partial charge in [-0.2, -0.15) is 0 Å². The molecule has 1 aromatic rings. The first-order chi connectivity index (χ1) is 6.05. The lowest BCUT2D eigenvalue weighted by molar-refractivity contribution is 0.567. The summed E-state index contributed by atoms with van der Waals surface area (Å²) < 4.78 is 0. The van der Waals surface area contributed by atoms with E-state index in [1.165, 1.54) is 11.1 Å². The topological polar surface area (TPSA) is 0 Å². The van der Waals surface area contributed by atoms with E-state index >= 15 is 0 Å². The van der Waals surface area contributed by atoms with Gasteiger partial charge in [-0.1, -0.05) is 57.7 Å². The molecule has 0 nitrogen and oxygen atoms in total. The summed E-state index contributed by atoms with van der Waals surface area (Å²) in [5, 5.41) is 0. The SMILES string of the molecule is C=C=C(c1ccccc1)C(C)(C)C. The van der Waals surface area contributed by atoms with Crippen molar-refractivity contribution < 1.29 is 0 Å². The minimum absolute atomic E-state index is 0.114. The second-order valence-corrected chi connectivity index (χ2v) is 4.17. The van der Waals surface area contributed by atoms with Crippen LogP contribution in [0.2, 0.25) is 0 Å². The second-order valence-electron chi connectivity index (χ2n) is 4.17.